The van der Waals surface area contributed by atoms with E-state index in [4.69, 9.17) is 4.74 Å². The monoisotopic (exact) mass is 191 g/mol. The highest BCUT2D eigenvalue weighted by Gasteiger charge is 2.26. The van der Waals surface area contributed by atoms with Gasteiger partial charge in [-0.05, 0) is 19.1 Å². The van der Waals surface area contributed by atoms with Gasteiger partial charge in [-0.15, -0.1) is 0 Å². The van der Waals surface area contributed by atoms with Crippen LogP contribution in [-0.4, -0.2) is 17.9 Å². The lowest BCUT2D eigenvalue weighted by molar-refractivity contribution is 0.139. The van der Waals surface area contributed by atoms with Crippen molar-refractivity contribution in [2.24, 2.45) is 0 Å². The Balaban J connectivity index is 2.53. The average molecular weight is 191 g/mol. The summed E-state index contributed by atoms with van der Waals surface area (Å²) in [7, 11) is 1.60. The van der Waals surface area contributed by atoms with Gasteiger partial charge in [-0.3, -0.25) is 0 Å². The number of benzene rings is 1. The highest BCUT2D eigenvalue weighted by atomic mass is 16.5. The molecule has 2 N–H and O–H groups in total. The molecule has 1 atom stereocenters. The quantitative estimate of drug-likeness (QED) is 0.711. The smallest absolute Gasteiger partial charge is 0.155 e. The minimum atomic E-state index is -1.04. The van der Waals surface area contributed by atoms with Crippen LogP contribution >= 0.6 is 0 Å². The van der Waals surface area contributed by atoms with Gasteiger partial charge in [0.1, 0.15) is 5.76 Å². The van der Waals surface area contributed by atoms with Gasteiger partial charge in [-0.25, -0.2) is 0 Å². The maximum Gasteiger partial charge on any atom is 0.155 e. The molecule has 0 aromatic heterocycles. The van der Waals surface area contributed by atoms with Crippen molar-refractivity contribution >= 4 is 11.4 Å². The lowest BCUT2D eigenvalue weighted by Gasteiger charge is -2.29. The van der Waals surface area contributed by atoms with Crippen LogP contribution in [0.4, 0.5) is 5.69 Å². The van der Waals surface area contributed by atoms with Crippen LogP contribution < -0.4 is 5.32 Å². The van der Waals surface area contributed by atoms with Crippen molar-refractivity contribution in [3.8, 4) is 0 Å². The molecule has 14 heavy (non-hydrogen) atoms. The molecule has 0 fully saturated rings. The van der Waals surface area contributed by atoms with Crippen molar-refractivity contribution in [2.75, 3.05) is 12.4 Å². The van der Waals surface area contributed by atoms with Crippen molar-refractivity contribution in [2.45, 2.75) is 12.6 Å². The van der Waals surface area contributed by atoms with Gasteiger partial charge in [-0.2, -0.15) is 0 Å². The number of hydrogen-bond donors (Lipinski definition) is 2. The molecule has 0 saturated carbocycles. The fraction of sp³-hybridized carbons (Fsp3) is 0.273. The van der Waals surface area contributed by atoms with E-state index in [1.165, 1.54) is 0 Å². The number of ether oxygens (including phenoxy) is 1. The zero-order valence-electron chi connectivity index (χ0n) is 8.24. The first-order chi connectivity index (χ1) is 6.62. The molecule has 0 radical (unpaired) electrons. The van der Waals surface area contributed by atoms with Crippen LogP contribution in [0.5, 0.6) is 0 Å². The van der Waals surface area contributed by atoms with Crippen molar-refractivity contribution in [3.05, 3.63) is 35.9 Å². The van der Waals surface area contributed by atoms with Crippen LogP contribution in [0.2, 0.25) is 0 Å². The molecule has 0 saturated heterocycles. The van der Waals surface area contributed by atoms with Crippen molar-refractivity contribution in [3.63, 3.8) is 0 Å². The first-order valence-electron chi connectivity index (χ1n) is 4.49. The molecule has 3 nitrogen and oxygen atoms in total. The zero-order valence-corrected chi connectivity index (χ0v) is 8.24. The van der Waals surface area contributed by atoms with Gasteiger partial charge in [0.2, 0.25) is 0 Å². The van der Waals surface area contributed by atoms with Gasteiger partial charge in [0.05, 0.1) is 7.11 Å². The molecule has 0 aliphatic carbocycles. The topological polar surface area (TPSA) is 41.5 Å². The third kappa shape index (κ3) is 1.46. The van der Waals surface area contributed by atoms with Crippen molar-refractivity contribution < 1.29 is 9.84 Å². The number of aliphatic hydroxyl groups is 1. The molecule has 0 spiro atoms. The van der Waals surface area contributed by atoms with Crippen LogP contribution in [-0.2, 0) is 4.74 Å². The van der Waals surface area contributed by atoms with Gasteiger partial charge < -0.3 is 15.2 Å². The Morgan fingerprint density at radius 1 is 1.36 bits per heavy atom. The zero-order chi connectivity index (χ0) is 10.2. The van der Waals surface area contributed by atoms with Gasteiger partial charge in [0.15, 0.2) is 5.72 Å². The Labute approximate surface area is 83.0 Å². The van der Waals surface area contributed by atoms with E-state index >= 15 is 0 Å². The molecule has 1 aliphatic rings. The number of nitrogens with one attached hydrogen (secondary N) is 1. The molecule has 2 rings (SSSR count). The van der Waals surface area contributed by atoms with E-state index in [2.05, 4.69) is 5.32 Å². The normalized spacial score (nSPS) is 24.6. The molecule has 1 aliphatic heterocycles. The Morgan fingerprint density at radius 3 is 2.79 bits per heavy atom. The molecular formula is C11H13NO2. The lowest BCUT2D eigenvalue weighted by atomic mass is 10.0. The second-order valence-corrected chi connectivity index (χ2v) is 3.53. The van der Waals surface area contributed by atoms with Gasteiger partial charge >= 0.3 is 0 Å². The van der Waals surface area contributed by atoms with Crippen molar-refractivity contribution in [1.29, 1.82) is 0 Å². The van der Waals surface area contributed by atoms with E-state index < -0.39 is 5.72 Å². The first kappa shape index (κ1) is 9.09. The molecule has 1 unspecified atom stereocenters. The first-order valence-corrected chi connectivity index (χ1v) is 4.49. The van der Waals surface area contributed by atoms with E-state index in [1.807, 2.05) is 24.3 Å². The molecule has 1 heterocycles. The third-order valence-corrected chi connectivity index (χ3v) is 2.21. The van der Waals surface area contributed by atoms with Crippen LogP contribution in [0, 0.1) is 0 Å². The molecule has 1 aromatic carbocycles. The Bertz CT molecular complexity index is 383. The number of methoxy groups -OCH3 is 1. The number of anilines is 1. The molecule has 0 bridgehead atoms. The molecule has 3 heteroatoms. The largest absolute Gasteiger partial charge is 0.496 e. The minimum Gasteiger partial charge on any atom is -0.496 e. The highest BCUT2D eigenvalue weighted by Crippen LogP contribution is 2.32. The third-order valence-electron chi connectivity index (χ3n) is 2.21. The number of hydrogen-bond acceptors (Lipinski definition) is 3. The number of para-hydroxylation sites is 1. The second-order valence-electron chi connectivity index (χ2n) is 3.53. The highest BCUT2D eigenvalue weighted by molar-refractivity contribution is 5.77. The summed E-state index contributed by atoms with van der Waals surface area (Å²) in [5.41, 5.74) is 0.818. The van der Waals surface area contributed by atoms with Crippen LogP contribution in [0.15, 0.2) is 30.3 Å². The summed E-state index contributed by atoms with van der Waals surface area (Å²) >= 11 is 0. The fourth-order valence-electron chi connectivity index (χ4n) is 1.62. The van der Waals surface area contributed by atoms with Crippen molar-refractivity contribution in [1.82, 2.24) is 0 Å². The molecule has 0 amide bonds. The van der Waals surface area contributed by atoms with Gasteiger partial charge in [-0.1, -0.05) is 12.1 Å². The maximum absolute atomic E-state index is 9.86. The second kappa shape index (κ2) is 3.03. The summed E-state index contributed by atoms with van der Waals surface area (Å²) < 4.78 is 5.21. The van der Waals surface area contributed by atoms with Gasteiger partial charge in [0.25, 0.3) is 0 Å². The van der Waals surface area contributed by atoms with Crippen LogP contribution in [0.1, 0.15) is 12.5 Å². The van der Waals surface area contributed by atoms with E-state index in [1.54, 1.807) is 20.1 Å². The standard InChI is InChI=1S/C11H13NO2/c1-11(13)7-10(14-2)8-5-3-4-6-9(8)12-11/h3-7,12-13H,1-2H3. The predicted molar refractivity (Wildman–Crippen MR) is 55.7 cm³/mol. The predicted octanol–water partition coefficient (Wildman–Crippen LogP) is 1.81. The van der Waals surface area contributed by atoms with Gasteiger partial charge in [0, 0.05) is 17.3 Å². The minimum absolute atomic E-state index is 0.698. The Kier molecular flexibility index (Phi) is 1.97. The summed E-state index contributed by atoms with van der Waals surface area (Å²) in [4.78, 5) is 0. The number of rotatable bonds is 1. The number of fused-ring (bicyclic) bond motifs is 1. The van der Waals surface area contributed by atoms with E-state index in [0.717, 1.165) is 11.3 Å². The van der Waals surface area contributed by atoms with E-state index in [0.29, 0.717) is 5.76 Å². The molecule has 1 aromatic rings. The summed E-state index contributed by atoms with van der Waals surface area (Å²) in [6.45, 7) is 1.68. The van der Waals surface area contributed by atoms with E-state index in [-0.39, 0.29) is 0 Å². The fourth-order valence-corrected chi connectivity index (χ4v) is 1.62. The average Bonchev–Trinajstić information content (AvgIpc) is 2.15. The maximum atomic E-state index is 9.86. The Morgan fingerprint density at radius 2 is 2.07 bits per heavy atom. The SMILES string of the molecule is COC1=CC(C)(O)Nc2ccccc21. The summed E-state index contributed by atoms with van der Waals surface area (Å²) in [5.74, 6) is 0.698. The molecular weight excluding hydrogens is 178 g/mol. The van der Waals surface area contributed by atoms with Crippen LogP contribution in [0.25, 0.3) is 5.76 Å². The summed E-state index contributed by atoms with van der Waals surface area (Å²) in [6.07, 6.45) is 1.66. The molecule has 74 valence electrons. The summed E-state index contributed by atoms with van der Waals surface area (Å²) in [5, 5.41) is 12.9. The van der Waals surface area contributed by atoms with Crippen LogP contribution in [0.3, 0.4) is 0 Å². The lowest BCUT2D eigenvalue weighted by Crippen LogP contribution is -2.35. The van der Waals surface area contributed by atoms with E-state index in [9.17, 15) is 5.11 Å². The summed E-state index contributed by atoms with van der Waals surface area (Å²) in [6, 6.07) is 7.72. The Hall–Kier alpha value is -1.48.